The van der Waals surface area contributed by atoms with E-state index in [0.717, 1.165) is 6.42 Å². The second-order valence-electron chi connectivity index (χ2n) is 2.68. The zero-order valence-electron chi connectivity index (χ0n) is 5.17. The van der Waals surface area contributed by atoms with Crippen molar-refractivity contribution in [1.29, 1.82) is 0 Å². The normalized spacial score (nSPS) is 34.4. The van der Waals surface area contributed by atoms with Crippen LogP contribution in [0, 0.1) is 11.8 Å². The van der Waals surface area contributed by atoms with E-state index in [4.69, 9.17) is 0 Å². The fourth-order valence-corrected chi connectivity index (χ4v) is 1.86. The molecule has 1 aliphatic carbocycles. The quantitative estimate of drug-likeness (QED) is 0.552. The predicted molar refractivity (Wildman–Crippen MR) is 32.2 cm³/mol. The highest BCUT2D eigenvalue weighted by Crippen LogP contribution is 2.38. The third kappa shape index (κ3) is 2.30. The fourth-order valence-electron chi connectivity index (χ4n) is 0.887. The zero-order chi connectivity index (χ0) is 7.07. The number of halogens is 1. The van der Waals surface area contributed by atoms with Gasteiger partial charge in [0.1, 0.15) is 0 Å². The van der Waals surface area contributed by atoms with Crippen LogP contribution in [-0.2, 0) is 10.2 Å². The minimum absolute atomic E-state index is 0.0972. The molecule has 54 valence electrons. The molecule has 0 radical (unpaired) electrons. The minimum Gasteiger partial charge on any atom is -0.195 e. The predicted octanol–water partition coefficient (Wildman–Crippen LogP) is 0.942. The molecule has 0 aliphatic heterocycles. The van der Waals surface area contributed by atoms with Crippen molar-refractivity contribution in [2.75, 3.05) is 5.75 Å². The lowest BCUT2D eigenvalue weighted by Crippen LogP contribution is -2.00. The van der Waals surface area contributed by atoms with Crippen LogP contribution in [0.4, 0.5) is 3.89 Å². The first kappa shape index (κ1) is 6.99. The van der Waals surface area contributed by atoms with Crippen LogP contribution in [-0.4, -0.2) is 14.2 Å². The number of hydrogen-bond donors (Lipinski definition) is 0. The Labute approximate surface area is 54.3 Å². The first-order valence-corrected chi connectivity index (χ1v) is 4.46. The van der Waals surface area contributed by atoms with Crippen LogP contribution in [0.15, 0.2) is 0 Å². The van der Waals surface area contributed by atoms with Gasteiger partial charge in [-0.05, 0) is 18.3 Å². The van der Waals surface area contributed by atoms with Crippen LogP contribution in [0.5, 0.6) is 0 Å². The summed E-state index contributed by atoms with van der Waals surface area (Å²) in [7, 11) is -4.19. The van der Waals surface area contributed by atoms with Gasteiger partial charge in [0.15, 0.2) is 0 Å². The molecule has 4 heteroatoms. The molecule has 0 aromatic rings. The van der Waals surface area contributed by atoms with Crippen LogP contribution >= 0.6 is 0 Å². The number of rotatable bonds is 2. The first-order valence-electron chi connectivity index (χ1n) is 2.91. The van der Waals surface area contributed by atoms with Gasteiger partial charge in [-0.1, -0.05) is 6.92 Å². The summed E-state index contributed by atoms with van der Waals surface area (Å²) in [6, 6.07) is 0. The lowest BCUT2D eigenvalue weighted by atomic mass is 10.4. The molecule has 1 fully saturated rings. The lowest BCUT2D eigenvalue weighted by Gasteiger charge is -1.87. The van der Waals surface area contributed by atoms with Crippen molar-refractivity contribution in [3.63, 3.8) is 0 Å². The van der Waals surface area contributed by atoms with Gasteiger partial charge in [-0.3, -0.25) is 0 Å². The van der Waals surface area contributed by atoms with E-state index in [1.807, 2.05) is 6.92 Å². The largest absolute Gasteiger partial charge is 0.302 e. The molecule has 1 saturated carbocycles. The van der Waals surface area contributed by atoms with Crippen molar-refractivity contribution in [2.45, 2.75) is 13.3 Å². The maximum Gasteiger partial charge on any atom is 0.302 e. The Morgan fingerprint density at radius 1 is 1.67 bits per heavy atom. The van der Waals surface area contributed by atoms with E-state index in [2.05, 4.69) is 0 Å². The van der Waals surface area contributed by atoms with Crippen LogP contribution < -0.4 is 0 Å². The van der Waals surface area contributed by atoms with E-state index in [9.17, 15) is 12.3 Å². The molecule has 1 aliphatic rings. The van der Waals surface area contributed by atoms with E-state index in [-0.39, 0.29) is 11.7 Å². The number of hydrogen-bond acceptors (Lipinski definition) is 2. The Balaban J connectivity index is 2.37. The summed E-state index contributed by atoms with van der Waals surface area (Å²) in [5, 5.41) is 0. The molecule has 0 spiro atoms. The molecule has 0 N–H and O–H groups in total. The van der Waals surface area contributed by atoms with Gasteiger partial charge in [0.2, 0.25) is 0 Å². The lowest BCUT2D eigenvalue weighted by molar-refractivity contribution is 0.546. The van der Waals surface area contributed by atoms with Crippen molar-refractivity contribution in [1.82, 2.24) is 0 Å². The third-order valence-corrected chi connectivity index (χ3v) is 2.52. The van der Waals surface area contributed by atoms with Gasteiger partial charge in [0.05, 0.1) is 5.75 Å². The highest BCUT2D eigenvalue weighted by atomic mass is 32.3. The Morgan fingerprint density at radius 2 is 2.11 bits per heavy atom. The molecular formula is C5H9FO2S. The Hall–Kier alpha value is -0.120. The summed E-state index contributed by atoms with van der Waals surface area (Å²) in [5.74, 6) is 0.240. The third-order valence-electron chi connectivity index (χ3n) is 1.69. The van der Waals surface area contributed by atoms with Gasteiger partial charge in [0.25, 0.3) is 0 Å². The monoisotopic (exact) mass is 152 g/mol. The molecule has 2 nitrogen and oxygen atoms in total. The smallest absolute Gasteiger partial charge is 0.195 e. The summed E-state index contributed by atoms with van der Waals surface area (Å²) >= 11 is 0. The summed E-state index contributed by atoms with van der Waals surface area (Å²) < 4.78 is 31.7. The highest BCUT2D eigenvalue weighted by Gasteiger charge is 2.36. The second-order valence-corrected chi connectivity index (χ2v) is 4.09. The molecule has 0 aromatic carbocycles. The molecule has 9 heavy (non-hydrogen) atoms. The highest BCUT2D eigenvalue weighted by molar-refractivity contribution is 7.86. The average Bonchev–Trinajstić information content (AvgIpc) is 2.13. The summed E-state index contributed by atoms with van der Waals surface area (Å²) in [6.07, 6.45) is 0.864. The summed E-state index contributed by atoms with van der Waals surface area (Å²) in [5.41, 5.74) is 0. The average molecular weight is 152 g/mol. The van der Waals surface area contributed by atoms with Crippen molar-refractivity contribution in [2.24, 2.45) is 11.8 Å². The van der Waals surface area contributed by atoms with Crippen molar-refractivity contribution < 1.29 is 12.3 Å². The van der Waals surface area contributed by atoms with Crippen LogP contribution in [0.2, 0.25) is 0 Å². The Kier molecular flexibility index (Phi) is 1.50. The summed E-state index contributed by atoms with van der Waals surface area (Å²) in [4.78, 5) is 0. The van der Waals surface area contributed by atoms with Crippen LogP contribution in [0.1, 0.15) is 13.3 Å². The maximum atomic E-state index is 11.8. The first-order chi connectivity index (χ1) is 3.99. The maximum absolute atomic E-state index is 11.8. The van der Waals surface area contributed by atoms with E-state index in [1.54, 1.807) is 0 Å². The molecule has 2 atom stereocenters. The molecule has 0 bridgehead atoms. The summed E-state index contributed by atoms with van der Waals surface area (Å²) in [6.45, 7) is 1.93. The minimum atomic E-state index is -4.19. The van der Waals surface area contributed by atoms with Gasteiger partial charge in [-0.25, -0.2) is 0 Å². The standard InChI is InChI=1S/C5H9FO2S/c1-4-2-5(4)3-9(6,7)8/h4-5H,2-3H2,1H3. The Morgan fingerprint density at radius 3 is 2.22 bits per heavy atom. The topological polar surface area (TPSA) is 34.1 Å². The molecule has 0 saturated heterocycles. The molecule has 0 aromatic heterocycles. The van der Waals surface area contributed by atoms with Crippen LogP contribution in [0.25, 0.3) is 0 Å². The van der Waals surface area contributed by atoms with E-state index >= 15 is 0 Å². The van der Waals surface area contributed by atoms with Gasteiger partial charge < -0.3 is 0 Å². The molecular weight excluding hydrogens is 143 g/mol. The molecule has 1 rings (SSSR count). The fraction of sp³-hybridized carbons (Fsp3) is 1.00. The molecule has 2 unspecified atom stereocenters. The molecule has 0 amide bonds. The SMILES string of the molecule is CC1CC1CS(=O)(=O)F. The van der Waals surface area contributed by atoms with Crippen molar-refractivity contribution >= 4 is 10.2 Å². The van der Waals surface area contributed by atoms with Gasteiger partial charge >= 0.3 is 10.2 Å². The van der Waals surface area contributed by atoms with Crippen LogP contribution in [0.3, 0.4) is 0 Å². The van der Waals surface area contributed by atoms with Crippen molar-refractivity contribution in [3.05, 3.63) is 0 Å². The van der Waals surface area contributed by atoms with Crippen molar-refractivity contribution in [3.8, 4) is 0 Å². The van der Waals surface area contributed by atoms with Gasteiger partial charge in [-0.2, -0.15) is 8.42 Å². The van der Waals surface area contributed by atoms with Gasteiger partial charge in [0, 0.05) is 0 Å². The van der Waals surface area contributed by atoms with E-state index in [0.29, 0.717) is 5.92 Å². The second kappa shape index (κ2) is 1.94. The van der Waals surface area contributed by atoms with E-state index in [1.165, 1.54) is 0 Å². The molecule has 0 heterocycles. The Bertz CT molecular complexity index is 197. The van der Waals surface area contributed by atoms with E-state index < -0.39 is 10.2 Å². The zero-order valence-corrected chi connectivity index (χ0v) is 5.99. The van der Waals surface area contributed by atoms with Gasteiger partial charge in [-0.15, -0.1) is 3.89 Å².